The monoisotopic (exact) mass is 352 g/mol. The molecule has 0 aliphatic carbocycles. The number of hydrogen-bond acceptors (Lipinski definition) is 3. The fourth-order valence-corrected chi connectivity index (χ4v) is 3.51. The van der Waals surface area contributed by atoms with Gasteiger partial charge in [0, 0.05) is 17.5 Å². The molecule has 0 unspecified atom stereocenters. The first-order chi connectivity index (χ1) is 12.2. The summed E-state index contributed by atoms with van der Waals surface area (Å²) < 4.78 is 0. The van der Waals surface area contributed by atoms with Gasteiger partial charge in [0.2, 0.25) is 5.91 Å². The largest absolute Gasteiger partial charge is 0.353 e. The second-order valence-electron chi connectivity index (χ2n) is 5.79. The zero-order valence-corrected chi connectivity index (χ0v) is 14.6. The van der Waals surface area contributed by atoms with Crippen LogP contribution in [0.15, 0.2) is 70.5 Å². The Morgan fingerprint density at radius 3 is 2.64 bits per heavy atom. The number of para-hydroxylation sites is 1. The van der Waals surface area contributed by atoms with E-state index in [1.807, 2.05) is 42.5 Å². The van der Waals surface area contributed by atoms with Gasteiger partial charge < -0.3 is 10.6 Å². The Bertz CT molecular complexity index is 787. The fourth-order valence-electron chi connectivity index (χ4n) is 2.58. The lowest BCUT2D eigenvalue weighted by molar-refractivity contribution is -0.117. The third-order valence-corrected chi connectivity index (χ3v) is 4.97. The minimum Gasteiger partial charge on any atom is -0.353 e. The SMILES string of the molecule is O=C(/C=C1\Sc2ccccc2NC1=O)NCCCCc1ccccc1. The van der Waals surface area contributed by atoms with Gasteiger partial charge in [-0.25, -0.2) is 0 Å². The first-order valence-electron chi connectivity index (χ1n) is 8.34. The van der Waals surface area contributed by atoms with Crippen molar-refractivity contribution in [3.63, 3.8) is 0 Å². The Balaban J connectivity index is 1.44. The Kier molecular flexibility index (Phi) is 5.90. The van der Waals surface area contributed by atoms with E-state index < -0.39 is 0 Å². The highest BCUT2D eigenvalue weighted by Crippen LogP contribution is 2.37. The third-order valence-electron chi connectivity index (χ3n) is 3.88. The molecule has 0 spiro atoms. The molecule has 4 nitrogen and oxygen atoms in total. The van der Waals surface area contributed by atoms with Gasteiger partial charge in [0.25, 0.3) is 5.91 Å². The molecule has 0 bridgehead atoms. The van der Waals surface area contributed by atoms with Crippen LogP contribution in [0, 0.1) is 0 Å². The number of aryl methyl sites for hydroxylation is 1. The van der Waals surface area contributed by atoms with Crippen molar-refractivity contribution in [2.75, 3.05) is 11.9 Å². The molecule has 1 heterocycles. The van der Waals surface area contributed by atoms with Crippen LogP contribution in [0.1, 0.15) is 18.4 Å². The Morgan fingerprint density at radius 1 is 1.04 bits per heavy atom. The summed E-state index contributed by atoms with van der Waals surface area (Å²) in [6.07, 6.45) is 4.31. The van der Waals surface area contributed by atoms with E-state index in [2.05, 4.69) is 22.8 Å². The van der Waals surface area contributed by atoms with Gasteiger partial charge in [-0.15, -0.1) is 0 Å². The van der Waals surface area contributed by atoms with Gasteiger partial charge in [0.15, 0.2) is 0 Å². The summed E-state index contributed by atoms with van der Waals surface area (Å²) in [5.74, 6) is -0.459. The Hall–Kier alpha value is -2.53. The van der Waals surface area contributed by atoms with Gasteiger partial charge in [0.05, 0.1) is 10.6 Å². The lowest BCUT2D eigenvalue weighted by Gasteiger charge is -2.17. The molecule has 0 fully saturated rings. The molecule has 3 rings (SSSR count). The average Bonchev–Trinajstić information content (AvgIpc) is 2.63. The van der Waals surface area contributed by atoms with Gasteiger partial charge in [-0.3, -0.25) is 9.59 Å². The molecule has 0 aromatic heterocycles. The molecule has 1 aliphatic rings. The smallest absolute Gasteiger partial charge is 0.262 e. The first-order valence-corrected chi connectivity index (χ1v) is 9.16. The second kappa shape index (κ2) is 8.53. The normalized spacial score (nSPS) is 14.7. The number of benzene rings is 2. The number of amides is 2. The van der Waals surface area contributed by atoms with Crippen molar-refractivity contribution in [2.24, 2.45) is 0 Å². The number of nitrogens with one attached hydrogen (secondary N) is 2. The standard InChI is InChI=1S/C20H20N2O2S/c23-19(21-13-7-6-10-15-8-2-1-3-9-15)14-18-20(24)22-16-11-4-5-12-17(16)25-18/h1-5,8-9,11-12,14H,6-7,10,13H2,(H,21,23)(H,22,24)/b18-14-. The molecule has 128 valence electrons. The topological polar surface area (TPSA) is 58.2 Å². The molecule has 25 heavy (non-hydrogen) atoms. The molecular weight excluding hydrogens is 332 g/mol. The number of hydrogen-bond donors (Lipinski definition) is 2. The predicted octanol–water partition coefficient (Wildman–Crippen LogP) is 3.75. The van der Waals surface area contributed by atoms with Crippen molar-refractivity contribution < 1.29 is 9.59 Å². The summed E-state index contributed by atoms with van der Waals surface area (Å²) in [7, 11) is 0. The van der Waals surface area contributed by atoms with Crippen LogP contribution in [0.4, 0.5) is 5.69 Å². The first kappa shape index (κ1) is 17.3. The summed E-state index contributed by atoms with van der Waals surface area (Å²) in [5.41, 5.74) is 2.10. The average molecular weight is 352 g/mol. The highest BCUT2D eigenvalue weighted by molar-refractivity contribution is 8.04. The summed E-state index contributed by atoms with van der Waals surface area (Å²) in [6, 6.07) is 17.9. The van der Waals surface area contributed by atoms with Crippen molar-refractivity contribution >= 4 is 29.3 Å². The minimum absolute atomic E-state index is 0.225. The van der Waals surface area contributed by atoms with Gasteiger partial charge in [-0.05, 0) is 37.0 Å². The minimum atomic E-state index is -0.233. The molecule has 2 amide bonds. The van der Waals surface area contributed by atoms with Gasteiger partial charge in [0.1, 0.15) is 0 Å². The van der Waals surface area contributed by atoms with Crippen LogP contribution in [0.2, 0.25) is 0 Å². The molecule has 0 saturated heterocycles. The van der Waals surface area contributed by atoms with Crippen LogP contribution < -0.4 is 10.6 Å². The number of anilines is 1. The highest BCUT2D eigenvalue weighted by Gasteiger charge is 2.21. The van der Waals surface area contributed by atoms with Crippen LogP contribution in [0.25, 0.3) is 0 Å². The number of carbonyl (C=O) groups excluding carboxylic acids is 2. The number of fused-ring (bicyclic) bond motifs is 1. The number of rotatable bonds is 6. The van der Waals surface area contributed by atoms with E-state index >= 15 is 0 Å². The molecule has 2 N–H and O–H groups in total. The van der Waals surface area contributed by atoms with Crippen molar-refractivity contribution in [1.82, 2.24) is 5.32 Å². The Labute approximate surface area is 151 Å². The van der Waals surface area contributed by atoms with E-state index in [1.165, 1.54) is 23.4 Å². The summed E-state index contributed by atoms with van der Waals surface area (Å²) >= 11 is 1.32. The van der Waals surface area contributed by atoms with Gasteiger partial charge in [-0.2, -0.15) is 0 Å². The van der Waals surface area contributed by atoms with E-state index in [0.717, 1.165) is 29.8 Å². The van der Waals surface area contributed by atoms with Crippen molar-refractivity contribution in [2.45, 2.75) is 24.2 Å². The van der Waals surface area contributed by atoms with E-state index in [0.29, 0.717) is 11.4 Å². The second-order valence-corrected chi connectivity index (χ2v) is 6.88. The molecule has 2 aromatic rings. The van der Waals surface area contributed by atoms with Crippen LogP contribution in [-0.4, -0.2) is 18.4 Å². The third kappa shape index (κ3) is 4.97. The quantitative estimate of drug-likeness (QED) is 0.615. The summed E-state index contributed by atoms with van der Waals surface area (Å²) in [4.78, 5) is 25.4. The lowest BCUT2D eigenvalue weighted by atomic mass is 10.1. The van der Waals surface area contributed by atoms with Gasteiger partial charge in [-0.1, -0.05) is 54.2 Å². The van der Waals surface area contributed by atoms with Gasteiger partial charge >= 0.3 is 0 Å². The highest BCUT2D eigenvalue weighted by atomic mass is 32.2. The molecular formula is C20H20N2O2S. The predicted molar refractivity (Wildman–Crippen MR) is 101 cm³/mol. The zero-order valence-electron chi connectivity index (χ0n) is 13.8. The van der Waals surface area contributed by atoms with Crippen molar-refractivity contribution in [3.8, 4) is 0 Å². The summed E-state index contributed by atoms with van der Waals surface area (Å²) in [6.45, 7) is 0.609. The van der Waals surface area contributed by atoms with E-state index in [-0.39, 0.29) is 11.8 Å². The number of thioether (sulfide) groups is 1. The maximum absolute atomic E-state index is 12.0. The summed E-state index contributed by atoms with van der Waals surface area (Å²) in [5, 5.41) is 5.65. The molecule has 0 saturated carbocycles. The zero-order chi connectivity index (χ0) is 17.5. The van der Waals surface area contributed by atoms with Crippen LogP contribution in [0.5, 0.6) is 0 Å². The maximum Gasteiger partial charge on any atom is 0.262 e. The van der Waals surface area contributed by atoms with Crippen LogP contribution >= 0.6 is 11.8 Å². The molecule has 2 aromatic carbocycles. The Morgan fingerprint density at radius 2 is 1.80 bits per heavy atom. The van der Waals surface area contributed by atoms with Crippen molar-refractivity contribution in [1.29, 1.82) is 0 Å². The van der Waals surface area contributed by atoms with Crippen molar-refractivity contribution in [3.05, 3.63) is 71.1 Å². The van der Waals surface area contributed by atoms with E-state index in [1.54, 1.807) is 0 Å². The maximum atomic E-state index is 12.0. The number of carbonyl (C=O) groups is 2. The lowest BCUT2D eigenvalue weighted by Crippen LogP contribution is -2.25. The van der Waals surface area contributed by atoms with E-state index in [4.69, 9.17) is 0 Å². The van der Waals surface area contributed by atoms with Crippen LogP contribution in [0.3, 0.4) is 0 Å². The molecule has 1 aliphatic heterocycles. The fraction of sp³-hybridized carbons (Fsp3) is 0.200. The number of unbranched alkanes of at least 4 members (excludes halogenated alkanes) is 1. The van der Waals surface area contributed by atoms with Crippen LogP contribution in [-0.2, 0) is 16.0 Å². The van der Waals surface area contributed by atoms with E-state index in [9.17, 15) is 9.59 Å². The molecule has 0 radical (unpaired) electrons. The molecule has 0 atom stereocenters. The molecule has 5 heteroatoms.